The van der Waals surface area contributed by atoms with Gasteiger partial charge in [-0.15, -0.1) is 6.58 Å². The van der Waals surface area contributed by atoms with Crippen LogP contribution in [0.1, 0.15) is 12.0 Å². The van der Waals surface area contributed by atoms with Crippen molar-refractivity contribution >= 4 is 35.6 Å². The molecular formula is C17H17N3O8. The first-order valence-corrected chi connectivity index (χ1v) is 7.37. The van der Waals surface area contributed by atoms with Crippen molar-refractivity contribution in [1.82, 2.24) is 5.32 Å². The molecule has 0 fully saturated rings. The zero-order valence-electron chi connectivity index (χ0n) is 14.4. The molecule has 0 aliphatic heterocycles. The number of non-ortho nitro benzene ring substituents is 1. The van der Waals surface area contributed by atoms with E-state index in [0.717, 1.165) is 0 Å². The number of benzene rings is 1. The van der Waals surface area contributed by atoms with Crippen molar-refractivity contribution in [3.63, 3.8) is 0 Å². The number of carboxylic acid groups (broad SMARTS) is 2. The topological polar surface area (TPSA) is 190 Å². The lowest BCUT2D eigenvalue weighted by Gasteiger charge is -1.99. The molecule has 1 aromatic rings. The molecule has 148 valence electrons. The third kappa shape index (κ3) is 10.6. The highest BCUT2D eigenvalue weighted by molar-refractivity contribution is 6.02. The normalized spacial score (nSPS) is 10.4. The highest BCUT2D eigenvalue weighted by atomic mass is 16.6. The number of carboxylic acids is 2. The molecule has 0 heterocycles. The number of amides is 3. The van der Waals surface area contributed by atoms with E-state index in [4.69, 9.17) is 10.2 Å². The van der Waals surface area contributed by atoms with E-state index in [1.807, 2.05) is 0 Å². The predicted molar refractivity (Wildman–Crippen MR) is 98.0 cm³/mol. The summed E-state index contributed by atoms with van der Waals surface area (Å²) in [7, 11) is 0. The van der Waals surface area contributed by atoms with Gasteiger partial charge in [0.25, 0.3) is 11.6 Å². The minimum atomic E-state index is -1.27. The highest BCUT2D eigenvalue weighted by Gasteiger charge is 2.08. The van der Waals surface area contributed by atoms with Crippen LogP contribution in [0.15, 0.2) is 54.6 Å². The van der Waals surface area contributed by atoms with E-state index < -0.39 is 28.8 Å². The van der Waals surface area contributed by atoms with Crippen molar-refractivity contribution in [2.75, 3.05) is 0 Å². The molecule has 0 bridgehead atoms. The van der Waals surface area contributed by atoms with E-state index >= 15 is 0 Å². The van der Waals surface area contributed by atoms with Crippen LogP contribution in [0.2, 0.25) is 0 Å². The number of aliphatic carboxylic acids is 2. The van der Waals surface area contributed by atoms with Gasteiger partial charge in [0.15, 0.2) is 0 Å². The number of nitrogens with zero attached hydrogens (tertiary/aromatic N) is 1. The van der Waals surface area contributed by atoms with Crippen LogP contribution in [0.3, 0.4) is 0 Å². The molecule has 3 amide bonds. The standard InChI is InChI=1S/C12H11NO4.C5H6N2O4/c1-2-4-10(12(14)15)7-9-5-3-6-11(8-9)13(16)17;6-5(11)7-3(8)1-2-4(9)10/h2-3,5-8H,1,4H2,(H,14,15);1-2H,(H,9,10)(H3,6,7,8,11). The van der Waals surface area contributed by atoms with Gasteiger partial charge in [0, 0.05) is 29.9 Å². The molecule has 0 unspecified atom stereocenters. The van der Waals surface area contributed by atoms with Crippen molar-refractivity contribution in [2.45, 2.75) is 6.42 Å². The summed E-state index contributed by atoms with van der Waals surface area (Å²) in [5.41, 5.74) is 5.10. The van der Waals surface area contributed by atoms with Crippen LogP contribution >= 0.6 is 0 Å². The molecule has 1 aromatic carbocycles. The Morgan fingerprint density at radius 1 is 1.21 bits per heavy atom. The first kappa shape index (κ1) is 23.7. The Hall–Kier alpha value is -4.28. The Labute approximate surface area is 158 Å². The molecule has 0 atom stereocenters. The largest absolute Gasteiger partial charge is 0.478 e. The zero-order valence-corrected chi connectivity index (χ0v) is 14.4. The average molecular weight is 391 g/mol. The van der Waals surface area contributed by atoms with Gasteiger partial charge in [0.2, 0.25) is 0 Å². The van der Waals surface area contributed by atoms with Gasteiger partial charge in [0.1, 0.15) is 0 Å². The Morgan fingerprint density at radius 2 is 1.86 bits per heavy atom. The van der Waals surface area contributed by atoms with Gasteiger partial charge in [0.05, 0.1) is 4.92 Å². The summed E-state index contributed by atoms with van der Waals surface area (Å²) in [6.07, 6.45) is 4.36. The van der Waals surface area contributed by atoms with Crippen molar-refractivity contribution in [2.24, 2.45) is 5.73 Å². The number of rotatable bonds is 7. The molecular weight excluding hydrogens is 374 g/mol. The summed E-state index contributed by atoms with van der Waals surface area (Å²) in [6, 6.07) is 4.78. The quantitative estimate of drug-likeness (QED) is 0.232. The van der Waals surface area contributed by atoms with Gasteiger partial charge in [-0.1, -0.05) is 18.2 Å². The number of nitrogens with one attached hydrogen (secondary N) is 1. The van der Waals surface area contributed by atoms with Crippen LogP contribution in [0, 0.1) is 10.1 Å². The lowest BCUT2D eigenvalue weighted by Crippen LogP contribution is -2.33. The average Bonchev–Trinajstić information content (AvgIpc) is 2.59. The Balaban J connectivity index is 0.000000576. The molecule has 5 N–H and O–H groups in total. The second-order valence-electron chi connectivity index (χ2n) is 4.84. The number of primary amides is 1. The van der Waals surface area contributed by atoms with E-state index in [0.29, 0.717) is 17.7 Å². The Morgan fingerprint density at radius 3 is 2.32 bits per heavy atom. The summed E-state index contributed by atoms with van der Waals surface area (Å²) in [6.45, 7) is 3.46. The fourth-order valence-corrected chi connectivity index (χ4v) is 1.60. The van der Waals surface area contributed by atoms with Gasteiger partial charge in [-0.25, -0.2) is 14.4 Å². The second kappa shape index (κ2) is 12.1. The molecule has 0 aromatic heterocycles. The fourth-order valence-electron chi connectivity index (χ4n) is 1.60. The lowest BCUT2D eigenvalue weighted by molar-refractivity contribution is -0.384. The predicted octanol–water partition coefficient (Wildman–Crippen LogP) is 1.46. The van der Waals surface area contributed by atoms with Crippen LogP contribution in [-0.2, 0) is 14.4 Å². The number of hydrogen-bond acceptors (Lipinski definition) is 6. The second-order valence-corrected chi connectivity index (χ2v) is 4.84. The van der Waals surface area contributed by atoms with E-state index in [1.165, 1.54) is 30.4 Å². The van der Waals surface area contributed by atoms with Crippen molar-refractivity contribution in [3.05, 3.63) is 70.3 Å². The number of allylic oxidation sites excluding steroid dienone is 1. The summed E-state index contributed by atoms with van der Waals surface area (Å²) in [4.78, 5) is 51.1. The maximum Gasteiger partial charge on any atom is 0.331 e. The van der Waals surface area contributed by atoms with Crippen molar-refractivity contribution in [3.8, 4) is 0 Å². The molecule has 0 radical (unpaired) electrons. The first-order valence-electron chi connectivity index (χ1n) is 7.37. The third-order valence-corrected chi connectivity index (χ3v) is 2.68. The van der Waals surface area contributed by atoms with Gasteiger partial charge >= 0.3 is 18.0 Å². The monoisotopic (exact) mass is 391 g/mol. The lowest BCUT2D eigenvalue weighted by atomic mass is 10.1. The van der Waals surface area contributed by atoms with Crippen molar-refractivity contribution in [1.29, 1.82) is 0 Å². The van der Waals surface area contributed by atoms with E-state index in [9.17, 15) is 29.3 Å². The molecule has 0 aliphatic rings. The minimum Gasteiger partial charge on any atom is -0.478 e. The maximum absolute atomic E-state index is 10.9. The van der Waals surface area contributed by atoms with Gasteiger partial charge in [-0.2, -0.15) is 0 Å². The van der Waals surface area contributed by atoms with Gasteiger partial charge in [-0.3, -0.25) is 20.2 Å². The van der Waals surface area contributed by atoms with Crippen molar-refractivity contribution < 1.29 is 34.3 Å². The first-order chi connectivity index (χ1) is 13.1. The van der Waals surface area contributed by atoms with E-state index in [2.05, 4.69) is 12.3 Å². The number of nitro groups is 1. The number of nitrogens with two attached hydrogens (primary N) is 1. The molecule has 11 nitrogen and oxygen atoms in total. The van der Waals surface area contributed by atoms with Gasteiger partial charge in [-0.05, 0) is 18.1 Å². The number of imide groups is 1. The minimum absolute atomic E-state index is 0.0675. The summed E-state index contributed by atoms with van der Waals surface area (Å²) in [5.74, 6) is -3.19. The third-order valence-electron chi connectivity index (χ3n) is 2.68. The van der Waals surface area contributed by atoms with Crippen LogP contribution in [0.4, 0.5) is 10.5 Å². The van der Waals surface area contributed by atoms with Crippen LogP contribution < -0.4 is 11.1 Å². The number of nitro benzene ring substituents is 1. The number of carbonyl (C=O) groups excluding carboxylic acids is 2. The summed E-state index contributed by atoms with van der Waals surface area (Å²) >= 11 is 0. The number of hydrogen-bond donors (Lipinski definition) is 4. The molecule has 0 saturated carbocycles. The highest BCUT2D eigenvalue weighted by Crippen LogP contribution is 2.17. The zero-order chi connectivity index (χ0) is 21.7. The van der Waals surface area contributed by atoms with Crippen LogP contribution in [0.25, 0.3) is 6.08 Å². The van der Waals surface area contributed by atoms with E-state index in [-0.39, 0.29) is 17.7 Å². The molecule has 28 heavy (non-hydrogen) atoms. The summed E-state index contributed by atoms with van der Waals surface area (Å²) < 4.78 is 0. The van der Waals surface area contributed by atoms with Gasteiger partial charge < -0.3 is 15.9 Å². The van der Waals surface area contributed by atoms with E-state index in [1.54, 1.807) is 11.4 Å². The smallest absolute Gasteiger partial charge is 0.331 e. The molecule has 11 heteroatoms. The van der Waals surface area contributed by atoms with Crippen LogP contribution in [-0.4, -0.2) is 39.0 Å². The Bertz CT molecular complexity index is 843. The SMILES string of the molecule is C=CCC(=Cc1cccc([N+](=O)[O-])c1)C(=O)O.NC(=O)NC(=O)C=CC(=O)O. The Kier molecular flexibility index (Phi) is 10.3. The molecule has 0 aliphatic carbocycles. The summed E-state index contributed by atoms with van der Waals surface area (Å²) in [5, 5.41) is 29.1. The maximum atomic E-state index is 10.9. The molecule has 1 rings (SSSR count). The van der Waals surface area contributed by atoms with Crippen LogP contribution in [0.5, 0.6) is 0 Å². The fraction of sp³-hybridized carbons (Fsp3) is 0.0588. The molecule has 0 saturated heterocycles. The number of carbonyl (C=O) groups is 4. The molecule has 0 spiro atoms. The number of urea groups is 1.